The summed E-state index contributed by atoms with van der Waals surface area (Å²) in [6.45, 7) is 5.82. The molecule has 0 bridgehead atoms. The van der Waals surface area contributed by atoms with E-state index in [1.54, 1.807) is 11.8 Å². The second kappa shape index (κ2) is 12.4. The molecule has 1 saturated heterocycles. The van der Waals surface area contributed by atoms with Gasteiger partial charge in [0.25, 0.3) is 0 Å². The normalized spacial score (nSPS) is 16.5. The van der Waals surface area contributed by atoms with Crippen LogP contribution in [-0.2, 0) is 32.3 Å². The Morgan fingerprint density at radius 1 is 1.10 bits per heavy atom. The fourth-order valence-electron chi connectivity index (χ4n) is 4.52. The number of aryl methyl sites for hydroxylation is 1. The van der Waals surface area contributed by atoms with Crippen LogP contribution < -0.4 is 10.2 Å². The van der Waals surface area contributed by atoms with Crippen molar-refractivity contribution in [3.63, 3.8) is 0 Å². The van der Waals surface area contributed by atoms with E-state index in [9.17, 15) is 31.2 Å². The van der Waals surface area contributed by atoms with Gasteiger partial charge in [0.2, 0.25) is 15.9 Å². The number of sulfonamides is 1. The number of piperazine rings is 1. The lowest BCUT2D eigenvalue weighted by atomic mass is 10.0. The molecule has 0 unspecified atom stereocenters. The Kier molecular flexibility index (Phi) is 9.28. The molecule has 1 fully saturated rings. The number of hydrogen-bond acceptors (Lipinski definition) is 8. The summed E-state index contributed by atoms with van der Waals surface area (Å²) >= 11 is 1.07. The molecule has 1 aliphatic heterocycles. The summed E-state index contributed by atoms with van der Waals surface area (Å²) in [4.78, 5) is 31.7. The van der Waals surface area contributed by atoms with Gasteiger partial charge in [-0.05, 0) is 48.2 Å². The number of methoxy groups -OCH3 is 1. The Balaban J connectivity index is 1.61. The molecule has 0 spiro atoms. The monoisotopic (exact) mass is 624 g/mol. The number of nitrogens with one attached hydrogen (secondary N) is 1. The molecule has 1 atom stereocenters. The van der Waals surface area contributed by atoms with Crippen LogP contribution in [0.2, 0.25) is 0 Å². The van der Waals surface area contributed by atoms with Crippen molar-refractivity contribution >= 4 is 38.4 Å². The smallest absolute Gasteiger partial charge is 0.416 e. The second-order valence-corrected chi connectivity index (χ2v) is 13.0. The lowest BCUT2D eigenvalue weighted by molar-refractivity contribution is -0.137. The summed E-state index contributed by atoms with van der Waals surface area (Å²) < 4.78 is 72.3. The first kappa shape index (κ1) is 31.4. The van der Waals surface area contributed by atoms with Crippen LogP contribution in [0.5, 0.6) is 0 Å². The Bertz CT molecular complexity index is 1540. The topological polar surface area (TPSA) is 109 Å². The van der Waals surface area contributed by atoms with Crippen LogP contribution in [0.15, 0.2) is 53.4 Å². The Morgan fingerprint density at radius 3 is 2.31 bits per heavy atom. The minimum atomic E-state index is -4.63. The number of nitrogens with zero attached hydrogens (tertiary/aromatic N) is 3. The van der Waals surface area contributed by atoms with Gasteiger partial charge < -0.3 is 15.0 Å². The number of alkyl halides is 3. The number of hydrogen-bond donors (Lipinski definition) is 1. The highest BCUT2D eigenvalue weighted by atomic mass is 32.2. The number of carbonyl (C=O) groups is 2. The van der Waals surface area contributed by atoms with Crippen LogP contribution in [0.1, 0.15) is 51.8 Å². The highest BCUT2D eigenvalue weighted by molar-refractivity contribution is 7.89. The zero-order valence-corrected chi connectivity index (χ0v) is 25.1. The number of esters is 1. The highest BCUT2D eigenvalue weighted by Crippen LogP contribution is 2.32. The summed E-state index contributed by atoms with van der Waals surface area (Å²) in [5, 5.41) is 3.22. The van der Waals surface area contributed by atoms with Crippen molar-refractivity contribution in [2.45, 2.75) is 50.3 Å². The van der Waals surface area contributed by atoms with Crippen LogP contribution in [0, 0.1) is 6.92 Å². The average molecular weight is 625 g/mol. The molecule has 226 valence electrons. The van der Waals surface area contributed by atoms with Crippen molar-refractivity contribution in [1.82, 2.24) is 14.6 Å². The second-order valence-electron chi connectivity index (χ2n) is 10.1. The van der Waals surface area contributed by atoms with Gasteiger partial charge in [-0.3, -0.25) is 4.79 Å². The zero-order chi connectivity index (χ0) is 30.8. The van der Waals surface area contributed by atoms with Crippen molar-refractivity contribution in [3.8, 4) is 0 Å². The number of halogens is 3. The summed E-state index contributed by atoms with van der Waals surface area (Å²) in [5.74, 6) is -0.804. The molecule has 0 radical (unpaired) electrons. The van der Waals surface area contributed by atoms with E-state index in [4.69, 9.17) is 4.74 Å². The third kappa shape index (κ3) is 6.76. The van der Waals surface area contributed by atoms with Crippen LogP contribution in [0.4, 0.5) is 18.3 Å². The van der Waals surface area contributed by atoms with Gasteiger partial charge in [-0.2, -0.15) is 17.5 Å². The summed E-state index contributed by atoms with van der Waals surface area (Å²) in [6.07, 6.45) is -4.63. The van der Waals surface area contributed by atoms with Crippen molar-refractivity contribution < 1.29 is 35.9 Å². The minimum Gasteiger partial charge on any atom is -0.465 e. The Hall–Kier alpha value is -3.49. The van der Waals surface area contributed by atoms with Crippen LogP contribution in [0.25, 0.3) is 0 Å². The van der Waals surface area contributed by atoms with Crippen LogP contribution >= 0.6 is 11.3 Å². The van der Waals surface area contributed by atoms with Crippen molar-refractivity contribution in [1.29, 1.82) is 0 Å². The molecule has 2 aromatic carbocycles. The van der Waals surface area contributed by atoms with E-state index in [-0.39, 0.29) is 36.0 Å². The first-order valence-corrected chi connectivity index (χ1v) is 15.3. The van der Waals surface area contributed by atoms with Crippen molar-refractivity contribution in [2.75, 3.05) is 31.6 Å². The molecule has 1 amide bonds. The molecular formula is C28H31F3N4O5S2. The molecule has 14 heteroatoms. The number of benzene rings is 2. The maximum atomic E-state index is 13.6. The van der Waals surface area contributed by atoms with E-state index in [2.05, 4.69) is 24.1 Å². The standard InChI is InChI=1S/C28H31F3N4O5S2/c1-17(2)20-7-5-19(6-8-20)15-32-25(36)23-16-34(27-33-18(3)24(41-27)26(37)40-4)13-14-35(23)42(38,39)22-11-9-21(10-12-22)28(29,30)31/h5-12,17,23H,13-16H2,1-4H3,(H,32,36)/t23-/m1/s1. The zero-order valence-electron chi connectivity index (χ0n) is 23.4. The molecule has 4 rings (SSSR count). The molecule has 1 aromatic heterocycles. The van der Waals surface area contributed by atoms with Gasteiger partial charge in [0.05, 0.1) is 23.3 Å². The molecule has 0 aliphatic carbocycles. The SMILES string of the molecule is COC(=O)c1sc(N2CCN(S(=O)(=O)c3ccc(C(F)(F)F)cc3)[C@@H](C(=O)NCc3ccc(C(C)C)cc3)C2)nc1C. The Labute approximate surface area is 246 Å². The summed E-state index contributed by atoms with van der Waals surface area (Å²) in [5.41, 5.74) is 1.40. The number of thiazole rings is 1. The maximum absolute atomic E-state index is 13.6. The molecule has 2 heterocycles. The number of carbonyl (C=O) groups excluding carboxylic acids is 2. The van der Waals surface area contributed by atoms with Gasteiger partial charge >= 0.3 is 12.1 Å². The van der Waals surface area contributed by atoms with Gasteiger partial charge in [-0.15, -0.1) is 0 Å². The third-order valence-corrected chi connectivity index (χ3v) is 10.1. The molecule has 9 nitrogen and oxygen atoms in total. The fraction of sp³-hybridized carbons (Fsp3) is 0.393. The van der Waals surface area contributed by atoms with E-state index in [1.165, 1.54) is 7.11 Å². The summed E-state index contributed by atoms with van der Waals surface area (Å²) in [7, 11) is -3.10. The number of rotatable bonds is 8. The van der Waals surface area contributed by atoms with E-state index in [0.29, 0.717) is 28.9 Å². The van der Waals surface area contributed by atoms with Crippen LogP contribution in [-0.4, -0.2) is 62.4 Å². The Morgan fingerprint density at radius 2 is 1.74 bits per heavy atom. The van der Waals surface area contributed by atoms with Gasteiger partial charge in [-0.1, -0.05) is 49.4 Å². The third-order valence-electron chi connectivity index (χ3n) is 6.96. The lowest BCUT2D eigenvalue weighted by Gasteiger charge is -2.39. The predicted molar refractivity (Wildman–Crippen MR) is 152 cm³/mol. The predicted octanol–water partition coefficient (Wildman–Crippen LogP) is 4.58. The quantitative estimate of drug-likeness (QED) is 0.366. The van der Waals surface area contributed by atoms with E-state index >= 15 is 0 Å². The largest absolute Gasteiger partial charge is 0.465 e. The molecule has 1 N–H and O–H groups in total. The molecule has 0 saturated carbocycles. The number of ether oxygens (including phenoxy) is 1. The van der Waals surface area contributed by atoms with Gasteiger partial charge in [0, 0.05) is 26.2 Å². The fourth-order valence-corrected chi connectivity index (χ4v) is 7.11. The molecule has 42 heavy (non-hydrogen) atoms. The van der Waals surface area contributed by atoms with Gasteiger partial charge in [0.1, 0.15) is 10.9 Å². The number of anilines is 1. The highest BCUT2D eigenvalue weighted by Gasteiger charge is 2.41. The van der Waals surface area contributed by atoms with Gasteiger partial charge in [0.15, 0.2) is 5.13 Å². The van der Waals surface area contributed by atoms with E-state index in [1.807, 2.05) is 24.3 Å². The average Bonchev–Trinajstić information content (AvgIpc) is 3.36. The molecular weight excluding hydrogens is 593 g/mol. The summed E-state index contributed by atoms with van der Waals surface area (Å²) in [6, 6.07) is 9.63. The number of amides is 1. The molecule has 1 aliphatic rings. The van der Waals surface area contributed by atoms with Crippen molar-refractivity contribution in [3.05, 3.63) is 75.8 Å². The first-order valence-electron chi connectivity index (χ1n) is 13.1. The number of aromatic nitrogens is 1. The minimum absolute atomic E-state index is 0.0917. The van der Waals surface area contributed by atoms with E-state index < -0.39 is 39.7 Å². The first-order chi connectivity index (χ1) is 19.7. The van der Waals surface area contributed by atoms with E-state index in [0.717, 1.165) is 38.9 Å². The van der Waals surface area contributed by atoms with Crippen LogP contribution in [0.3, 0.4) is 0 Å². The van der Waals surface area contributed by atoms with Gasteiger partial charge in [-0.25, -0.2) is 18.2 Å². The lowest BCUT2D eigenvalue weighted by Crippen LogP contribution is -2.60. The maximum Gasteiger partial charge on any atom is 0.416 e. The molecule has 3 aromatic rings. The van der Waals surface area contributed by atoms with Crippen molar-refractivity contribution in [2.24, 2.45) is 0 Å².